The quantitative estimate of drug-likeness (QED) is 0.308. The van der Waals surface area contributed by atoms with Gasteiger partial charge in [0, 0.05) is 16.8 Å². The van der Waals surface area contributed by atoms with Crippen molar-refractivity contribution in [3.8, 4) is 11.5 Å². The summed E-state index contributed by atoms with van der Waals surface area (Å²) in [6.45, 7) is 8.85. The standard InChI is InChI=1S/C28H32N2O3S/c1-19(18-33-25-12-7-6-11-24(25)32-5)29-27(34)30-23-10-8-9-21(17-23)26(31)20-13-15-22(16-14-20)28(2,3)4/h6-17,19H,18H2,1-5H3,(H2,29,30,34)/t19-/m0/s1. The highest BCUT2D eigenvalue weighted by Crippen LogP contribution is 2.26. The highest BCUT2D eigenvalue weighted by molar-refractivity contribution is 7.80. The predicted octanol–water partition coefficient (Wildman–Crippen LogP) is 5.98. The summed E-state index contributed by atoms with van der Waals surface area (Å²) in [5.41, 5.74) is 3.24. The molecule has 34 heavy (non-hydrogen) atoms. The van der Waals surface area contributed by atoms with Crippen molar-refractivity contribution < 1.29 is 14.3 Å². The topological polar surface area (TPSA) is 59.6 Å². The normalized spacial score (nSPS) is 11.9. The second kappa shape index (κ2) is 11.2. The number of hydrogen-bond acceptors (Lipinski definition) is 4. The van der Waals surface area contributed by atoms with E-state index in [1.54, 1.807) is 7.11 Å². The number of para-hydroxylation sites is 2. The first kappa shape index (κ1) is 25.2. The van der Waals surface area contributed by atoms with Crippen LogP contribution >= 0.6 is 12.2 Å². The van der Waals surface area contributed by atoms with Gasteiger partial charge in [0.1, 0.15) is 6.61 Å². The minimum Gasteiger partial charge on any atom is -0.493 e. The van der Waals surface area contributed by atoms with Gasteiger partial charge < -0.3 is 20.1 Å². The van der Waals surface area contributed by atoms with E-state index in [4.69, 9.17) is 21.7 Å². The van der Waals surface area contributed by atoms with Gasteiger partial charge in [0.15, 0.2) is 22.4 Å². The van der Waals surface area contributed by atoms with Gasteiger partial charge in [-0.15, -0.1) is 0 Å². The van der Waals surface area contributed by atoms with E-state index in [1.807, 2.05) is 79.7 Å². The van der Waals surface area contributed by atoms with Crippen molar-refractivity contribution in [1.82, 2.24) is 5.32 Å². The molecule has 1 atom stereocenters. The van der Waals surface area contributed by atoms with Crippen molar-refractivity contribution in [3.63, 3.8) is 0 Å². The number of ether oxygens (including phenoxy) is 2. The van der Waals surface area contributed by atoms with Gasteiger partial charge in [-0.2, -0.15) is 0 Å². The van der Waals surface area contributed by atoms with Crippen molar-refractivity contribution in [2.75, 3.05) is 19.0 Å². The summed E-state index contributed by atoms with van der Waals surface area (Å²) < 4.78 is 11.2. The number of carbonyl (C=O) groups is 1. The summed E-state index contributed by atoms with van der Waals surface area (Å²) in [6.07, 6.45) is 0. The largest absolute Gasteiger partial charge is 0.493 e. The third-order valence-electron chi connectivity index (χ3n) is 5.33. The lowest BCUT2D eigenvalue weighted by Gasteiger charge is -2.19. The fraction of sp³-hybridized carbons (Fsp3) is 0.286. The summed E-state index contributed by atoms with van der Waals surface area (Å²) >= 11 is 5.46. The van der Waals surface area contributed by atoms with Crippen LogP contribution in [0.15, 0.2) is 72.8 Å². The molecule has 0 aromatic heterocycles. The number of nitrogens with one attached hydrogen (secondary N) is 2. The predicted molar refractivity (Wildman–Crippen MR) is 142 cm³/mol. The summed E-state index contributed by atoms with van der Waals surface area (Å²) in [4.78, 5) is 13.0. The number of ketones is 1. The second-order valence-electron chi connectivity index (χ2n) is 9.20. The number of rotatable bonds is 8. The Morgan fingerprint density at radius 1 is 0.941 bits per heavy atom. The molecule has 0 fully saturated rings. The van der Waals surface area contributed by atoms with Gasteiger partial charge in [-0.3, -0.25) is 4.79 Å². The summed E-state index contributed by atoms with van der Waals surface area (Å²) in [5, 5.41) is 6.82. The maximum Gasteiger partial charge on any atom is 0.193 e. The lowest BCUT2D eigenvalue weighted by atomic mass is 9.86. The molecule has 5 nitrogen and oxygen atoms in total. The number of hydrogen-bond donors (Lipinski definition) is 2. The fourth-order valence-electron chi connectivity index (χ4n) is 3.41. The van der Waals surface area contributed by atoms with E-state index in [9.17, 15) is 4.79 Å². The smallest absolute Gasteiger partial charge is 0.193 e. The van der Waals surface area contributed by atoms with Gasteiger partial charge in [0.2, 0.25) is 0 Å². The lowest BCUT2D eigenvalue weighted by Crippen LogP contribution is -2.39. The third-order valence-corrected chi connectivity index (χ3v) is 5.55. The Bertz CT molecular complexity index is 1140. The molecule has 0 aliphatic rings. The molecule has 3 rings (SSSR count). The maximum absolute atomic E-state index is 13.0. The van der Waals surface area contributed by atoms with Crippen LogP contribution in [0.2, 0.25) is 0 Å². The van der Waals surface area contributed by atoms with Crippen LogP contribution in [0.3, 0.4) is 0 Å². The number of thiocarbonyl (C=S) groups is 1. The fourth-order valence-corrected chi connectivity index (χ4v) is 3.73. The first-order valence-electron chi connectivity index (χ1n) is 11.3. The molecular weight excluding hydrogens is 444 g/mol. The Balaban J connectivity index is 1.58. The van der Waals surface area contributed by atoms with Gasteiger partial charge in [-0.1, -0.05) is 69.3 Å². The van der Waals surface area contributed by atoms with Crippen molar-refractivity contribution in [2.24, 2.45) is 0 Å². The van der Waals surface area contributed by atoms with E-state index in [0.717, 1.165) is 5.69 Å². The molecule has 0 heterocycles. The molecule has 0 radical (unpaired) electrons. The molecule has 3 aromatic carbocycles. The monoisotopic (exact) mass is 476 g/mol. The van der Waals surface area contributed by atoms with Crippen LogP contribution < -0.4 is 20.1 Å². The molecule has 178 valence electrons. The Labute approximate surface area is 207 Å². The number of carbonyl (C=O) groups excluding carboxylic acids is 1. The minimum absolute atomic E-state index is 0.0263. The molecular formula is C28H32N2O3S. The van der Waals surface area contributed by atoms with Gasteiger partial charge in [-0.25, -0.2) is 0 Å². The van der Waals surface area contributed by atoms with Crippen LogP contribution in [0.4, 0.5) is 5.69 Å². The molecule has 0 aliphatic carbocycles. The number of methoxy groups -OCH3 is 1. The van der Waals surface area contributed by atoms with Crippen LogP contribution in [-0.2, 0) is 5.41 Å². The zero-order valence-corrected chi connectivity index (χ0v) is 21.2. The van der Waals surface area contributed by atoms with E-state index >= 15 is 0 Å². The molecule has 0 saturated heterocycles. The van der Waals surface area contributed by atoms with Crippen molar-refractivity contribution in [2.45, 2.75) is 39.2 Å². The summed E-state index contributed by atoms with van der Waals surface area (Å²) in [7, 11) is 1.61. The van der Waals surface area contributed by atoms with E-state index in [1.165, 1.54) is 5.56 Å². The molecule has 0 unspecified atom stereocenters. The molecule has 3 aromatic rings. The lowest BCUT2D eigenvalue weighted by molar-refractivity contribution is 0.103. The number of benzene rings is 3. The highest BCUT2D eigenvalue weighted by atomic mass is 32.1. The van der Waals surface area contributed by atoms with Gasteiger partial charge >= 0.3 is 0 Å². The Morgan fingerprint density at radius 3 is 2.26 bits per heavy atom. The molecule has 0 aliphatic heterocycles. The highest BCUT2D eigenvalue weighted by Gasteiger charge is 2.15. The van der Waals surface area contributed by atoms with E-state index in [-0.39, 0.29) is 17.2 Å². The molecule has 0 bridgehead atoms. The summed E-state index contributed by atoms with van der Waals surface area (Å²) in [6, 6.07) is 22.6. The van der Waals surface area contributed by atoms with Gasteiger partial charge in [0.05, 0.1) is 13.2 Å². The van der Waals surface area contributed by atoms with E-state index in [0.29, 0.717) is 34.3 Å². The molecule has 0 saturated carbocycles. The minimum atomic E-state index is -0.0453. The van der Waals surface area contributed by atoms with Gasteiger partial charge in [0.25, 0.3) is 0 Å². The van der Waals surface area contributed by atoms with Crippen molar-refractivity contribution in [1.29, 1.82) is 0 Å². The molecule has 0 spiro atoms. The van der Waals surface area contributed by atoms with E-state index < -0.39 is 0 Å². The van der Waals surface area contributed by atoms with Crippen LogP contribution in [0, 0.1) is 0 Å². The van der Waals surface area contributed by atoms with Gasteiger partial charge in [-0.05, 0) is 54.4 Å². The molecule has 2 N–H and O–H groups in total. The van der Waals surface area contributed by atoms with Crippen LogP contribution in [0.25, 0.3) is 0 Å². The SMILES string of the molecule is COc1ccccc1OC[C@H](C)NC(=S)Nc1cccc(C(=O)c2ccc(C(C)(C)C)cc2)c1. The second-order valence-corrected chi connectivity index (χ2v) is 9.61. The van der Waals surface area contributed by atoms with Crippen molar-refractivity contribution in [3.05, 3.63) is 89.5 Å². The maximum atomic E-state index is 13.0. The van der Waals surface area contributed by atoms with Crippen LogP contribution in [0.5, 0.6) is 11.5 Å². The first-order chi connectivity index (χ1) is 16.2. The van der Waals surface area contributed by atoms with Crippen LogP contribution in [-0.4, -0.2) is 30.7 Å². The van der Waals surface area contributed by atoms with Crippen molar-refractivity contribution >= 4 is 28.8 Å². The number of anilines is 1. The molecule has 6 heteroatoms. The third kappa shape index (κ3) is 6.81. The average Bonchev–Trinajstić information content (AvgIpc) is 2.82. The Hall–Kier alpha value is -3.38. The Morgan fingerprint density at radius 2 is 1.62 bits per heavy atom. The van der Waals surface area contributed by atoms with E-state index in [2.05, 4.69) is 31.4 Å². The van der Waals surface area contributed by atoms with Crippen LogP contribution in [0.1, 0.15) is 49.2 Å². The summed E-state index contributed by atoms with van der Waals surface area (Å²) in [5.74, 6) is 1.34. The zero-order valence-electron chi connectivity index (χ0n) is 20.3. The average molecular weight is 477 g/mol. The molecule has 0 amide bonds. The first-order valence-corrected chi connectivity index (χ1v) is 11.7. The zero-order chi connectivity index (χ0) is 24.7. The Kier molecular flexibility index (Phi) is 8.29.